The van der Waals surface area contributed by atoms with Crippen molar-refractivity contribution in [1.29, 1.82) is 0 Å². The summed E-state index contributed by atoms with van der Waals surface area (Å²) in [6.07, 6.45) is 1.27. The van der Waals surface area contributed by atoms with Gasteiger partial charge in [0.1, 0.15) is 0 Å². The zero-order valence-corrected chi connectivity index (χ0v) is 8.43. The minimum absolute atomic E-state index is 0.408. The van der Waals surface area contributed by atoms with E-state index in [1.807, 2.05) is 12.1 Å². The molecule has 1 aromatic heterocycles. The number of hydrogen-bond donors (Lipinski definition) is 0. The molecule has 1 heterocycles. The quantitative estimate of drug-likeness (QED) is 0.765. The fraction of sp³-hybridized carbons (Fsp3) is 0.200. The van der Waals surface area contributed by atoms with Gasteiger partial charge in [-0.2, -0.15) is 0 Å². The van der Waals surface area contributed by atoms with Gasteiger partial charge >= 0.3 is 0 Å². The summed E-state index contributed by atoms with van der Waals surface area (Å²) in [5.74, 6) is 1.63. The van der Waals surface area contributed by atoms with E-state index in [1.165, 1.54) is 6.39 Å². The highest BCUT2D eigenvalue weighted by atomic mass is 16.5. The Morgan fingerprint density at radius 3 is 2.67 bits per heavy atom. The van der Waals surface area contributed by atoms with Crippen molar-refractivity contribution >= 4 is 0 Å². The first-order valence-electron chi connectivity index (χ1n) is 4.34. The zero-order valence-electron chi connectivity index (χ0n) is 8.43. The standard InChI is InChI=1S/C10H10N2O3/c1-13-8-5-3-4-7(9(8)14-2)10-12-11-6-15-10/h3-6H,1-2H3. The molecule has 15 heavy (non-hydrogen) atoms. The van der Waals surface area contributed by atoms with Crippen molar-refractivity contribution in [2.45, 2.75) is 0 Å². The van der Waals surface area contributed by atoms with Crippen molar-refractivity contribution in [3.63, 3.8) is 0 Å². The number of aromatic nitrogens is 2. The molecule has 0 fully saturated rings. The number of nitrogens with zero attached hydrogens (tertiary/aromatic N) is 2. The van der Waals surface area contributed by atoms with Crippen molar-refractivity contribution < 1.29 is 13.9 Å². The third kappa shape index (κ3) is 1.63. The molecule has 0 atom stereocenters. The molecule has 0 aliphatic rings. The third-order valence-electron chi connectivity index (χ3n) is 1.99. The van der Waals surface area contributed by atoms with Crippen molar-refractivity contribution in [2.75, 3.05) is 14.2 Å². The van der Waals surface area contributed by atoms with Gasteiger partial charge in [0, 0.05) is 0 Å². The molecule has 5 heteroatoms. The van der Waals surface area contributed by atoms with Crippen molar-refractivity contribution in [2.24, 2.45) is 0 Å². The molecule has 2 rings (SSSR count). The molecule has 78 valence electrons. The van der Waals surface area contributed by atoms with E-state index in [1.54, 1.807) is 20.3 Å². The molecule has 2 aromatic rings. The van der Waals surface area contributed by atoms with Gasteiger partial charge in [-0.15, -0.1) is 10.2 Å². The van der Waals surface area contributed by atoms with Crippen LogP contribution in [0.25, 0.3) is 11.5 Å². The fourth-order valence-corrected chi connectivity index (χ4v) is 1.35. The molecule has 0 bridgehead atoms. The van der Waals surface area contributed by atoms with Gasteiger partial charge < -0.3 is 13.9 Å². The maximum Gasteiger partial charge on any atom is 0.251 e. The summed E-state index contributed by atoms with van der Waals surface area (Å²) in [5.41, 5.74) is 0.717. The highest BCUT2D eigenvalue weighted by Crippen LogP contribution is 2.36. The first kappa shape index (κ1) is 9.51. The van der Waals surface area contributed by atoms with E-state index in [0.29, 0.717) is 23.0 Å². The Labute approximate surface area is 86.6 Å². The van der Waals surface area contributed by atoms with E-state index in [9.17, 15) is 0 Å². The maximum absolute atomic E-state index is 5.24. The first-order valence-corrected chi connectivity index (χ1v) is 4.34. The predicted molar refractivity (Wildman–Crippen MR) is 52.8 cm³/mol. The summed E-state index contributed by atoms with van der Waals surface area (Å²) in [6, 6.07) is 5.47. The number of rotatable bonds is 3. The third-order valence-corrected chi connectivity index (χ3v) is 1.99. The van der Waals surface area contributed by atoms with Gasteiger partial charge in [0.2, 0.25) is 6.39 Å². The second-order valence-electron chi connectivity index (χ2n) is 2.78. The lowest BCUT2D eigenvalue weighted by molar-refractivity contribution is 0.355. The lowest BCUT2D eigenvalue weighted by atomic mass is 10.2. The van der Waals surface area contributed by atoms with Crippen molar-refractivity contribution in [1.82, 2.24) is 10.2 Å². The summed E-state index contributed by atoms with van der Waals surface area (Å²) in [6.45, 7) is 0. The lowest BCUT2D eigenvalue weighted by Gasteiger charge is -2.09. The molecule has 1 aromatic carbocycles. The molecule has 0 spiro atoms. The summed E-state index contributed by atoms with van der Waals surface area (Å²) in [4.78, 5) is 0. The van der Waals surface area contributed by atoms with Crippen LogP contribution in [0.1, 0.15) is 0 Å². The summed E-state index contributed by atoms with van der Waals surface area (Å²) in [5, 5.41) is 7.43. The summed E-state index contributed by atoms with van der Waals surface area (Å²) >= 11 is 0. The Kier molecular flexibility index (Phi) is 2.53. The van der Waals surface area contributed by atoms with E-state index in [-0.39, 0.29) is 0 Å². The average Bonchev–Trinajstić information content (AvgIpc) is 2.81. The molecule has 0 amide bonds. The van der Waals surface area contributed by atoms with Crippen molar-refractivity contribution in [3.8, 4) is 23.0 Å². The van der Waals surface area contributed by atoms with Crippen LogP contribution in [0.3, 0.4) is 0 Å². The van der Waals surface area contributed by atoms with Crippen LogP contribution in [0, 0.1) is 0 Å². The van der Waals surface area contributed by atoms with Crippen LogP contribution in [-0.2, 0) is 0 Å². The summed E-state index contributed by atoms with van der Waals surface area (Å²) < 4.78 is 15.5. The Hall–Kier alpha value is -2.04. The van der Waals surface area contributed by atoms with E-state index < -0.39 is 0 Å². The molecule has 0 saturated heterocycles. The number of methoxy groups -OCH3 is 2. The predicted octanol–water partition coefficient (Wildman–Crippen LogP) is 1.75. The number of para-hydroxylation sites is 1. The first-order chi connectivity index (χ1) is 7.36. The highest BCUT2D eigenvalue weighted by Gasteiger charge is 2.14. The fourth-order valence-electron chi connectivity index (χ4n) is 1.35. The average molecular weight is 206 g/mol. The topological polar surface area (TPSA) is 57.4 Å². The van der Waals surface area contributed by atoms with Gasteiger partial charge in [-0.05, 0) is 12.1 Å². The second-order valence-corrected chi connectivity index (χ2v) is 2.78. The number of hydrogen-bond acceptors (Lipinski definition) is 5. The Balaban J connectivity index is 2.56. The minimum Gasteiger partial charge on any atom is -0.493 e. The largest absolute Gasteiger partial charge is 0.493 e. The molecule has 0 aliphatic carbocycles. The number of benzene rings is 1. The van der Waals surface area contributed by atoms with Crippen LogP contribution in [-0.4, -0.2) is 24.4 Å². The van der Waals surface area contributed by atoms with Crippen LogP contribution < -0.4 is 9.47 Å². The minimum atomic E-state index is 0.408. The molecular formula is C10H10N2O3. The zero-order chi connectivity index (χ0) is 10.7. The van der Waals surface area contributed by atoms with Gasteiger partial charge in [0.05, 0.1) is 19.8 Å². The van der Waals surface area contributed by atoms with Gasteiger partial charge in [-0.3, -0.25) is 0 Å². The van der Waals surface area contributed by atoms with E-state index in [4.69, 9.17) is 13.9 Å². The van der Waals surface area contributed by atoms with Gasteiger partial charge in [-0.25, -0.2) is 0 Å². The second kappa shape index (κ2) is 4.00. The molecule has 5 nitrogen and oxygen atoms in total. The van der Waals surface area contributed by atoms with Gasteiger partial charge in [0.15, 0.2) is 11.5 Å². The SMILES string of the molecule is COc1cccc(-c2nnco2)c1OC. The molecule has 0 radical (unpaired) electrons. The van der Waals surface area contributed by atoms with E-state index >= 15 is 0 Å². The molecule has 0 unspecified atom stereocenters. The van der Waals surface area contributed by atoms with Gasteiger partial charge in [-0.1, -0.05) is 6.07 Å². The van der Waals surface area contributed by atoms with Crippen LogP contribution in [0.2, 0.25) is 0 Å². The lowest BCUT2D eigenvalue weighted by Crippen LogP contribution is -1.93. The Bertz CT molecular complexity index is 440. The normalized spacial score (nSPS) is 10.0. The van der Waals surface area contributed by atoms with Crippen LogP contribution in [0.4, 0.5) is 0 Å². The molecule has 0 saturated carbocycles. The number of ether oxygens (including phenoxy) is 2. The van der Waals surface area contributed by atoms with Crippen molar-refractivity contribution in [3.05, 3.63) is 24.6 Å². The molecule has 0 N–H and O–H groups in total. The summed E-state index contributed by atoms with van der Waals surface area (Å²) in [7, 11) is 3.15. The van der Waals surface area contributed by atoms with Crippen LogP contribution in [0.15, 0.2) is 29.0 Å². The maximum atomic E-state index is 5.24. The Morgan fingerprint density at radius 2 is 2.07 bits per heavy atom. The monoisotopic (exact) mass is 206 g/mol. The molecular weight excluding hydrogens is 196 g/mol. The van der Waals surface area contributed by atoms with Crippen LogP contribution >= 0.6 is 0 Å². The Morgan fingerprint density at radius 1 is 1.20 bits per heavy atom. The highest BCUT2D eigenvalue weighted by molar-refractivity contribution is 5.67. The smallest absolute Gasteiger partial charge is 0.251 e. The van der Waals surface area contributed by atoms with Gasteiger partial charge in [0.25, 0.3) is 5.89 Å². The van der Waals surface area contributed by atoms with Crippen LogP contribution in [0.5, 0.6) is 11.5 Å². The van der Waals surface area contributed by atoms with E-state index in [0.717, 1.165) is 0 Å². The van der Waals surface area contributed by atoms with E-state index in [2.05, 4.69) is 10.2 Å². The molecule has 0 aliphatic heterocycles.